The fourth-order valence-electron chi connectivity index (χ4n) is 2.11. The Morgan fingerprint density at radius 1 is 1.50 bits per heavy atom. The van der Waals surface area contributed by atoms with Crippen molar-refractivity contribution in [2.75, 3.05) is 6.54 Å². The summed E-state index contributed by atoms with van der Waals surface area (Å²) in [5.41, 5.74) is 2.43. The lowest BCUT2D eigenvalue weighted by Crippen LogP contribution is -2.21. The summed E-state index contributed by atoms with van der Waals surface area (Å²) in [6.45, 7) is 3.05. The van der Waals surface area contributed by atoms with Crippen molar-refractivity contribution in [2.24, 2.45) is 7.05 Å². The van der Waals surface area contributed by atoms with E-state index in [4.69, 9.17) is 4.42 Å². The molecular formula is C13H18BrN3O. The summed E-state index contributed by atoms with van der Waals surface area (Å²) >= 11 is 3.45. The molecule has 0 aliphatic rings. The third kappa shape index (κ3) is 3.03. The van der Waals surface area contributed by atoms with Gasteiger partial charge in [0.1, 0.15) is 0 Å². The first-order valence-corrected chi connectivity index (χ1v) is 6.94. The van der Waals surface area contributed by atoms with Gasteiger partial charge < -0.3 is 9.73 Å². The topological polar surface area (TPSA) is 43.0 Å². The van der Waals surface area contributed by atoms with Crippen LogP contribution in [-0.4, -0.2) is 16.3 Å². The van der Waals surface area contributed by atoms with Gasteiger partial charge in [-0.3, -0.25) is 4.68 Å². The van der Waals surface area contributed by atoms with Crippen LogP contribution in [0.15, 0.2) is 33.7 Å². The van der Waals surface area contributed by atoms with Crippen molar-refractivity contribution in [3.8, 4) is 0 Å². The van der Waals surface area contributed by atoms with Gasteiger partial charge in [0.05, 0.1) is 6.26 Å². The van der Waals surface area contributed by atoms with Gasteiger partial charge in [0, 0.05) is 30.5 Å². The molecule has 1 N–H and O–H groups in total. The molecule has 0 saturated carbocycles. The van der Waals surface area contributed by atoms with Gasteiger partial charge in [-0.2, -0.15) is 5.10 Å². The van der Waals surface area contributed by atoms with Gasteiger partial charge in [-0.1, -0.05) is 6.92 Å². The van der Waals surface area contributed by atoms with Crippen molar-refractivity contribution in [1.82, 2.24) is 15.1 Å². The maximum absolute atomic E-state index is 5.31. The quantitative estimate of drug-likeness (QED) is 0.891. The van der Waals surface area contributed by atoms with Gasteiger partial charge in [0.25, 0.3) is 0 Å². The Bertz CT molecular complexity index is 492. The molecule has 2 aromatic heterocycles. The van der Waals surface area contributed by atoms with E-state index in [1.807, 2.05) is 24.0 Å². The number of furan rings is 1. The Morgan fingerprint density at radius 2 is 2.33 bits per heavy atom. The summed E-state index contributed by atoms with van der Waals surface area (Å²) < 4.78 is 8.05. The number of hydrogen-bond donors (Lipinski definition) is 1. The third-order valence-corrected chi connectivity index (χ3v) is 3.73. The molecule has 2 heterocycles. The SMILES string of the molecule is CCNC(CCc1ccnn1C)c1ccoc1Br. The summed E-state index contributed by atoms with van der Waals surface area (Å²) in [7, 11) is 1.98. The molecule has 5 heteroatoms. The van der Waals surface area contributed by atoms with E-state index in [0.717, 1.165) is 24.1 Å². The third-order valence-electron chi connectivity index (χ3n) is 3.08. The maximum atomic E-state index is 5.31. The standard InChI is InChI=1S/C13H18BrN3O/c1-3-15-12(11-7-9-18-13(11)14)5-4-10-6-8-16-17(10)2/h6-9,12,15H,3-5H2,1-2H3. The van der Waals surface area contributed by atoms with Crippen molar-refractivity contribution in [1.29, 1.82) is 0 Å². The molecule has 0 aliphatic heterocycles. The molecule has 0 aromatic carbocycles. The van der Waals surface area contributed by atoms with Gasteiger partial charge >= 0.3 is 0 Å². The average Bonchev–Trinajstić information content (AvgIpc) is 2.94. The smallest absolute Gasteiger partial charge is 0.173 e. The molecule has 4 nitrogen and oxygen atoms in total. The maximum Gasteiger partial charge on any atom is 0.173 e. The molecule has 0 fully saturated rings. The fraction of sp³-hybridized carbons (Fsp3) is 0.462. The second-order valence-electron chi connectivity index (χ2n) is 4.24. The molecule has 98 valence electrons. The summed E-state index contributed by atoms with van der Waals surface area (Å²) in [4.78, 5) is 0. The van der Waals surface area contributed by atoms with Crippen molar-refractivity contribution in [3.05, 3.63) is 40.5 Å². The minimum atomic E-state index is 0.304. The molecule has 2 aromatic rings. The molecule has 1 unspecified atom stereocenters. The minimum absolute atomic E-state index is 0.304. The average molecular weight is 312 g/mol. The predicted molar refractivity (Wildman–Crippen MR) is 74.4 cm³/mol. The van der Waals surface area contributed by atoms with Crippen molar-refractivity contribution >= 4 is 15.9 Å². The zero-order chi connectivity index (χ0) is 13.0. The minimum Gasteiger partial charge on any atom is -0.457 e. The first kappa shape index (κ1) is 13.4. The Kier molecular flexibility index (Phi) is 4.60. The normalized spacial score (nSPS) is 12.8. The highest BCUT2D eigenvalue weighted by Crippen LogP contribution is 2.27. The number of aryl methyl sites for hydroxylation is 2. The van der Waals surface area contributed by atoms with Crippen LogP contribution in [0.25, 0.3) is 0 Å². The van der Waals surface area contributed by atoms with Crippen LogP contribution in [0.3, 0.4) is 0 Å². The second kappa shape index (κ2) is 6.20. The molecule has 18 heavy (non-hydrogen) atoms. The lowest BCUT2D eigenvalue weighted by atomic mass is 10.0. The second-order valence-corrected chi connectivity index (χ2v) is 4.96. The molecule has 0 bridgehead atoms. The highest BCUT2D eigenvalue weighted by atomic mass is 79.9. The molecular weight excluding hydrogens is 294 g/mol. The number of nitrogens with zero attached hydrogens (tertiary/aromatic N) is 2. The van der Waals surface area contributed by atoms with E-state index in [-0.39, 0.29) is 0 Å². The predicted octanol–water partition coefficient (Wildman–Crippen LogP) is 3.06. The lowest BCUT2D eigenvalue weighted by Gasteiger charge is -2.16. The summed E-state index contributed by atoms with van der Waals surface area (Å²) in [6.07, 6.45) is 5.57. The molecule has 0 spiro atoms. The molecule has 0 amide bonds. The van der Waals surface area contributed by atoms with E-state index in [9.17, 15) is 0 Å². The van der Waals surface area contributed by atoms with Gasteiger partial charge in [-0.05, 0) is 47.4 Å². The number of nitrogens with one attached hydrogen (secondary N) is 1. The molecule has 0 aliphatic carbocycles. The van der Waals surface area contributed by atoms with Crippen LogP contribution >= 0.6 is 15.9 Å². The van der Waals surface area contributed by atoms with Crippen molar-refractivity contribution < 1.29 is 4.42 Å². The monoisotopic (exact) mass is 311 g/mol. The zero-order valence-corrected chi connectivity index (χ0v) is 12.3. The lowest BCUT2D eigenvalue weighted by molar-refractivity contribution is 0.483. The Balaban J connectivity index is 2.03. The van der Waals surface area contributed by atoms with Crippen LogP contribution in [0.2, 0.25) is 0 Å². The van der Waals surface area contributed by atoms with E-state index in [2.05, 4.69) is 39.3 Å². The van der Waals surface area contributed by atoms with Crippen molar-refractivity contribution in [2.45, 2.75) is 25.8 Å². The first-order chi connectivity index (χ1) is 8.72. The largest absolute Gasteiger partial charge is 0.457 e. The molecule has 0 radical (unpaired) electrons. The number of rotatable bonds is 6. The summed E-state index contributed by atoms with van der Waals surface area (Å²) in [5.74, 6) is 0. The van der Waals surface area contributed by atoms with Gasteiger partial charge in [-0.25, -0.2) is 0 Å². The van der Waals surface area contributed by atoms with E-state index in [1.165, 1.54) is 11.3 Å². The highest BCUT2D eigenvalue weighted by Gasteiger charge is 2.16. The molecule has 1 atom stereocenters. The van der Waals surface area contributed by atoms with Gasteiger partial charge in [0.2, 0.25) is 0 Å². The van der Waals surface area contributed by atoms with E-state index >= 15 is 0 Å². The van der Waals surface area contributed by atoms with E-state index < -0.39 is 0 Å². The Morgan fingerprint density at radius 3 is 2.89 bits per heavy atom. The van der Waals surface area contributed by atoms with Crippen LogP contribution < -0.4 is 5.32 Å². The zero-order valence-electron chi connectivity index (χ0n) is 10.7. The number of halogens is 1. The number of hydrogen-bond acceptors (Lipinski definition) is 3. The van der Waals surface area contributed by atoms with Crippen LogP contribution in [0.4, 0.5) is 0 Å². The van der Waals surface area contributed by atoms with Crippen molar-refractivity contribution in [3.63, 3.8) is 0 Å². The summed E-state index contributed by atoms with van der Waals surface area (Å²) in [5, 5.41) is 7.68. The van der Waals surface area contributed by atoms with Gasteiger partial charge in [-0.15, -0.1) is 0 Å². The first-order valence-electron chi connectivity index (χ1n) is 6.15. The Hall–Kier alpha value is -1.07. The van der Waals surface area contributed by atoms with E-state index in [0.29, 0.717) is 6.04 Å². The highest BCUT2D eigenvalue weighted by molar-refractivity contribution is 9.10. The van der Waals surface area contributed by atoms with Crippen LogP contribution in [0.5, 0.6) is 0 Å². The van der Waals surface area contributed by atoms with E-state index in [1.54, 1.807) is 6.26 Å². The molecule has 0 saturated heterocycles. The molecule has 2 rings (SSSR count). The fourth-order valence-corrected chi connectivity index (χ4v) is 2.62. The van der Waals surface area contributed by atoms with Crippen LogP contribution in [0, 0.1) is 0 Å². The number of aromatic nitrogens is 2. The van der Waals surface area contributed by atoms with Gasteiger partial charge in [0.15, 0.2) is 4.67 Å². The summed E-state index contributed by atoms with van der Waals surface area (Å²) in [6, 6.07) is 4.38. The van der Waals surface area contributed by atoms with Crippen LogP contribution in [0.1, 0.15) is 30.6 Å². The van der Waals surface area contributed by atoms with Crippen LogP contribution in [-0.2, 0) is 13.5 Å². The Labute approximate surface area is 115 Å².